The van der Waals surface area contributed by atoms with Crippen LogP contribution in [0, 0.1) is 17.1 Å². The molecule has 0 spiro atoms. The Morgan fingerprint density at radius 3 is 2.68 bits per heavy atom. The molecular weight excluding hydrogens is 441 g/mol. The first-order valence-electron chi connectivity index (χ1n) is 9.03. The standard InChI is InChI=1S/C20H14FN5O3S2/c21-12-1-3-13(4-2-12)31(28)14-5-6-15-16(9-14)30-20(24-15)11-19-26-25-18(29-19)10-17(27)23-8-7-22/h1-6,9H,8,10-11H2,(H,23,27). The van der Waals surface area contributed by atoms with Crippen molar-refractivity contribution in [2.45, 2.75) is 22.6 Å². The molecule has 0 saturated heterocycles. The van der Waals surface area contributed by atoms with Crippen molar-refractivity contribution < 1.29 is 17.8 Å². The second-order valence-electron chi connectivity index (χ2n) is 6.34. The zero-order valence-electron chi connectivity index (χ0n) is 15.9. The molecule has 1 amide bonds. The lowest BCUT2D eigenvalue weighted by atomic mass is 10.3. The summed E-state index contributed by atoms with van der Waals surface area (Å²) in [6, 6.07) is 12.7. The topological polar surface area (TPSA) is 122 Å². The molecule has 2 aromatic heterocycles. The first-order chi connectivity index (χ1) is 15.0. The molecule has 31 heavy (non-hydrogen) atoms. The number of rotatable bonds is 7. The third kappa shape index (κ3) is 4.99. The molecule has 1 N–H and O–H groups in total. The van der Waals surface area contributed by atoms with Crippen LogP contribution < -0.4 is 5.32 Å². The fourth-order valence-electron chi connectivity index (χ4n) is 2.74. The van der Waals surface area contributed by atoms with Gasteiger partial charge < -0.3 is 9.73 Å². The highest BCUT2D eigenvalue weighted by molar-refractivity contribution is 7.85. The molecular formula is C20H14FN5O3S2. The van der Waals surface area contributed by atoms with Crippen LogP contribution in [0.4, 0.5) is 4.39 Å². The number of hydrogen-bond donors (Lipinski definition) is 1. The predicted octanol–water partition coefficient (Wildman–Crippen LogP) is 2.76. The third-order valence-corrected chi connectivity index (χ3v) is 6.53. The van der Waals surface area contributed by atoms with Gasteiger partial charge in [-0.3, -0.25) is 4.79 Å². The van der Waals surface area contributed by atoms with Crippen molar-refractivity contribution in [1.29, 1.82) is 5.26 Å². The SMILES string of the molecule is N#CCNC(=O)Cc1nnc(Cc2nc3ccc(S(=O)c4ccc(F)cc4)cc3s2)o1. The van der Waals surface area contributed by atoms with E-state index in [9.17, 15) is 13.4 Å². The summed E-state index contributed by atoms with van der Waals surface area (Å²) in [5, 5.41) is 19.4. The van der Waals surface area contributed by atoms with Gasteiger partial charge in [-0.1, -0.05) is 0 Å². The van der Waals surface area contributed by atoms with Gasteiger partial charge in [-0.05, 0) is 42.5 Å². The van der Waals surface area contributed by atoms with Crippen molar-refractivity contribution in [1.82, 2.24) is 20.5 Å². The van der Waals surface area contributed by atoms with E-state index in [2.05, 4.69) is 20.5 Å². The number of thiazole rings is 1. The van der Waals surface area contributed by atoms with Gasteiger partial charge in [0.2, 0.25) is 17.7 Å². The highest BCUT2D eigenvalue weighted by Gasteiger charge is 2.15. The quantitative estimate of drug-likeness (QED) is 0.425. The molecule has 8 nitrogen and oxygen atoms in total. The Morgan fingerprint density at radius 1 is 1.16 bits per heavy atom. The number of carbonyl (C=O) groups is 1. The van der Waals surface area contributed by atoms with Crippen LogP contribution in [-0.4, -0.2) is 31.8 Å². The Kier molecular flexibility index (Phi) is 6.11. The van der Waals surface area contributed by atoms with Crippen LogP contribution in [0.1, 0.15) is 16.8 Å². The van der Waals surface area contributed by atoms with Crippen LogP contribution in [-0.2, 0) is 28.4 Å². The summed E-state index contributed by atoms with van der Waals surface area (Å²) in [5.74, 6) is -0.283. The van der Waals surface area contributed by atoms with Gasteiger partial charge in [-0.15, -0.1) is 21.5 Å². The summed E-state index contributed by atoms with van der Waals surface area (Å²) in [6.07, 6.45) is 0.190. The monoisotopic (exact) mass is 455 g/mol. The van der Waals surface area contributed by atoms with Crippen LogP contribution >= 0.6 is 11.3 Å². The summed E-state index contributed by atoms with van der Waals surface area (Å²) in [5.41, 5.74) is 0.746. The highest BCUT2D eigenvalue weighted by Crippen LogP contribution is 2.27. The number of nitriles is 1. The summed E-state index contributed by atoms with van der Waals surface area (Å²) in [4.78, 5) is 17.3. The number of nitrogens with zero attached hydrogens (tertiary/aromatic N) is 4. The molecule has 156 valence electrons. The summed E-state index contributed by atoms with van der Waals surface area (Å²) < 4.78 is 32.2. The summed E-state index contributed by atoms with van der Waals surface area (Å²) in [7, 11) is -1.43. The van der Waals surface area contributed by atoms with Gasteiger partial charge in [-0.25, -0.2) is 13.6 Å². The van der Waals surface area contributed by atoms with E-state index >= 15 is 0 Å². The highest BCUT2D eigenvalue weighted by atomic mass is 32.2. The van der Waals surface area contributed by atoms with E-state index in [0.717, 1.165) is 15.2 Å². The van der Waals surface area contributed by atoms with Crippen LogP contribution in [0.15, 0.2) is 56.7 Å². The molecule has 0 aliphatic heterocycles. The Hall–Kier alpha value is -3.49. The van der Waals surface area contributed by atoms with Crippen molar-refractivity contribution in [2.75, 3.05) is 6.54 Å². The molecule has 0 fully saturated rings. The van der Waals surface area contributed by atoms with E-state index in [1.54, 1.807) is 18.2 Å². The van der Waals surface area contributed by atoms with Crippen LogP contribution in [0.5, 0.6) is 0 Å². The lowest BCUT2D eigenvalue weighted by molar-refractivity contribution is -0.120. The first-order valence-corrected chi connectivity index (χ1v) is 11.0. The normalized spacial score (nSPS) is 11.9. The molecule has 0 aliphatic carbocycles. The van der Waals surface area contributed by atoms with Crippen molar-refractivity contribution in [2.24, 2.45) is 0 Å². The van der Waals surface area contributed by atoms with Crippen LogP contribution in [0.3, 0.4) is 0 Å². The first kappa shape index (κ1) is 20.8. The number of amides is 1. The van der Waals surface area contributed by atoms with E-state index < -0.39 is 10.8 Å². The van der Waals surface area contributed by atoms with Crippen molar-refractivity contribution in [3.63, 3.8) is 0 Å². The number of benzene rings is 2. The second kappa shape index (κ2) is 9.11. The van der Waals surface area contributed by atoms with E-state index in [-0.39, 0.29) is 30.6 Å². The molecule has 0 radical (unpaired) electrons. The third-order valence-electron chi connectivity index (χ3n) is 4.13. The lowest BCUT2D eigenvalue weighted by Gasteiger charge is -2.02. The van der Waals surface area contributed by atoms with Gasteiger partial charge in [0.25, 0.3) is 0 Å². The molecule has 0 saturated carbocycles. The number of fused-ring (bicyclic) bond motifs is 1. The Morgan fingerprint density at radius 2 is 1.90 bits per heavy atom. The maximum absolute atomic E-state index is 13.1. The fourth-order valence-corrected chi connectivity index (χ4v) is 4.88. The van der Waals surface area contributed by atoms with Crippen molar-refractivity contribution in [3.8, 4) is 6.07 Å². The Balaban J connectivity index is 1.47. The van der Waals surface area contributed by atoms with Crippen LogP contribution in [0.2, 0.25) is 0 Å². The lowest BCUT2D eigenvalue weighted by Crippen LogP contribution is -2.25. The molecule has 4 aromatic rings. The smallest absolute Gasteiger partial charge is 0.230 e. The minimum absolute atomic E-state index is 0.0839. The summed E-state index contributed by atoms with van der Waals surface area (Å²) >= 11 is 1.41. The van der Waals surface area contributed by atoms with Crippen molar-refractivity contribution >= 4 is 38.3 Å². The molecule has 2 heterocycles. The minimum Gasteiger partial charge on any atom is -0.424 e. The largest absolute Gasteiger partial charge is 0.424 e. The maximum atomic E-state index is 13.1. The van der Waals surface area contributed by atoms with Crippen molar-refractivity contribution in [3.05, 3.63) is 65.1 Å². The number of aromatic nitrogens is 3. The Bertz CT molecular complexity index is 1310. The number of hydrogen-bond acceptors (Lipinski definition) is 8. The van der Waals surface area contributed by atoms with Gasteiger partial charge in [0.1, 0.15) is 23.8 Å². The maximum Gasteiger partial charge on any atom is 0.230 e. The molecule has 0 bridgehead atoms. The van der Waals surface area contributed by atoms with Gasteiger partial charge in [0.05, 0.1) is 33.5 Å². The van der Waals surface area contributed by atoms with E-state index in [1.807, 2.05) is 6.07 Å². The average molecular weight is 455 g/mol. The summed E-state index contributed by atoms with van der Waals surface area (Å²) in [6.45, 7) is -0.0839. The van der Waals surface area contributed by atoms with Gasteiger partial charge in [0, 0.05) is 9.79 Å². The number of halogens is 1. The fraction of sp³-hybridized carbons (Fsp3) is 0.150. The van der Waals surface area contributed by atoms with Gasteiger partial charge >= 0.3 is 0 Å². The Labute approximate surface area is 182 Å². The molecule has 1 atom stereocenters. The molecule has 4 rings (SSSR count). The average Bonchev–Trinajstić information content (AvgIpc) is 3.37. The molecule has 0 aliphatic rings. The molecule has 1 unspecified atom stereocenters. The van der Waals surface area contributed by atoms with E-state index in [4.69, 9.17) is 9.68 Å². The van der Waals surface area contributed by atoms with Gasteiger partial charge in [-0.2, -0.15) is 5.26 Å². The minimum atomic E-state index is -1.43. The number of carbonyl (C=O) groups excluding carboxylic acids is 1. The van der Waals surface area contributed by atoms with Gasteiger partial charge in [0.15, 0.2) is 0 Å². The van der Waals surface area contributed by atoms with E-state index in [1.165, 1.54) is 35.6 Å². The number of nitrogens with one attached hydrogen (secondary N) is 1. The zero-order valence-corrected chi connectivity index (χ0v) is 17.5. The predicted molar refractivity (Wildman–Crippen MR) is 110 cm³/mol. The van der Waals surface area contributed by atoms with Crippen LogP contribution in [0.25, 0.3) is 10.2 Å². The second-order valence-corrected chi connectivity index (χ2v) is 8.93. The zero-order chi connectivity index (χ0) is 21.8. The molecule has 11 heteroatoms. The van der Waals surface area contributed by atoms with E-state index in [0.29, 0.717) is 22.1 Å². The molecule has 2 aromatic carbocycles.